The van der Waals surface area contributed by atoms with E-state index in [4.69, 9.17) is 11.6 Å². The summed E-state index contributed by atoms with van der Waals surface area (Å²) in [5.41, 5.74) is 1.27. The Morgan fingerprint density at radius 3 is 2.48 bits per heavy atom. The van der Waals surface area contributed by atoms with Crippen LogP contribution >= 0.6 is 11.6 Å². The SMILES string of the molecule is Clc1ccccc1CN1CCN(C2CC3CCC2C3)CC1. The highest BCUT2D eigenvalue weighted by Gasteiger charge is 2.42. The number of halogens is 1. The summed E-state index contributed by atoms with van der Waals surface area (Å²) in [4.78, 5) is 5.35. The van der Waals surface area contributed by atoms with Gasteiger partial charge in [-0.05, 0) is 42.7 Å². The Morgan fingerprint density at radius 2 is 1.81 bits per heavy atom. The van der Waals surface area contributed by atoms with Gasteiger partial charge in [0.25, 0.3) is 0 Å². The molecule has 0 spiro atoms. The molecule has 0 radical (unpaired) electrons. The molecule has 0 aromatic heterocycles. The Hall–Kier alpha value is -0.570. The maximum absolute atomic E-state index is 6.28. The maximum Gasteiger partial charge on any atom is 0.0451 e. The van der Waals surface area contributed by atoms with Crippen molar-refractivity contribution in [1.29, 1.82) is 0 Å². The quantitative estimate of drug-likeness (QED) is 0.841. The molecule has 1 heterocycles. The predicted octanol–water partition coefficient (Wildman–Crippen LogP) is 3.65. The molecule has 2 bridgehead atoms. The highest BCUT2D eigenvalue weighted by Crippen LogP contribution is 2.46. The lowest BCUT2D eigenvalue weighted by molar-refractivity contribution is 0.0680. The van der Waals surface area contributed by atoms with Crippen LogP contribution in [0.25, 0.3) is 0 Å². The molecule has 1 saturated heterocycles. The molecule has 2 nitrogen and oxygen atoms in total. The van der Waals surface area contributed by atoms with Gasteiger partial charge in [-0.3, -0.25) is 9.80 Å². The molecule has 3 fully saturated rings. The highest BCUT2D eigenvalue weighted by molar-refractivity contribution is 6.31. The number of piperazine rings is 1. The summed E-state index contributed by atoms with van der Waals surface area (Å²) in [7, 11) is 0. The second kappa shape index (κ2) is 5.91. The van der Waals surface area contributed by atoms with Crippen LogP contribution in [0.5, 0.6) is 0 Å². The monoisotopic (exact) mass is 304 g/mol. The number of hydrogen-bond acceptors (Lipinski definition) is 2. The standard InChI is InChI=1S/C18H25ClN2/c19-17-4-2-1-3-16(17)13-20-7-9-21(10-8-20)18-12-14-5-6-15(18)11-14/h1-4,14-15,18H,5-13H2. The molecular formula is C18H25ClN2. The number of fused-ring (bicyclic) bond motifs is 2. The molecule has 1 aliphatic heterocycles. The molecule has 4 rings (SSSR count). The van der Waals surface area contributed by atoms with E-state index in [1.54, 1.807) is 0 Å². The van der Waals surface area contributed by atoms with Crippen LogP contribution in [0.3, 0.4) is 0 Å². The van der Waals surface area contributed by atoms with Crippen LogP contribution in [0.2, 0.25) is 5.02 Å². The first-order valence-electron chi connectivity index (χ1n) is 8.49. The van der Waals surface area contributed by atoms with E-state index in [9.17, 15) is 0 Å². The minimum absolute atomic E-state index is 0.909. The molecule has 3 aliphatic rings. The Kier molecular flexibility index (Phi) is 3.95. The normalized spacial score (nSPS) is 33.7. The van der Waals surface area contributed by atoms with E-state index < -0.39 is 0 Å². The van der Waals surface area contributed by atoms with Gasteiger partial charge < -0.3 is 0 Å². The van der Waals surface area contributed by atoms with Gasteiger partial charge in [0.15, 0.2) is 0 Å². The lowest BCUT2D eigenvalue weighted by Gasteiger charge is -2.41. The van der Waals surface area contributed by atoms with E-state index in [1.165, 1.54) is 57.4 Å². The second-order valence-electron chi connectivity index (χ2n) is 7.15. The minimum atomic E-state index is 0.909. The smallest absolute Gasteiger partial charge is 0.0451 e. The zero-order valence-electron chi connectivity index (χ0n) is 12.7. The summed E-state index contributed by atoms with van der Waals surface area (Å²) in [6, 6.07) is 9.17. The van der Waals surface area contributed by atoms with Crippen LogP contribution in [0, 0.1) is 11.8 Å². The average Bonchev–Trinajstić information content (AvgIpc) is 3.13. The molecule has 0 N–H and O–H groups in total. The molecule has 21 heavy (non-hydrogen) atoms. The van der Waals surface area contributed by atoms with E-state index in [1.807, 2.05) is 12.1 Å². The zero-order valence-corrected chi connectivity index (χ0v) is 13.4. The average molecular weight is 305 g/mol. The molecule has 3 unspecified atom stereocenters. The van der Waals surface area contributed by atoms with Gasteiger partial charge in [0.2, 0.25) is 0 Å². The van der Waals surface area contributed by atoms with Gasteiger partial charge in [-0.25, -0.2) is 0 Å². The van der Waals surface area contributed by atoms with Crippen molar-refractivity contribution in [1.82, 2.24) is 9.80 Å². The second-order valence-corrected chi connectivity index (χ2v) is 7.55. The molecular weight excluding hydrogens is 280 g/mol. The Balaban J connectivity index is 1.32. The molecule has 3 atom stereocenters. The summed E-state index contributed by atoms with van der Waals surface area (Å²) in [6.07, 6.45) is 6.00. The molecule has 2 aliphatic carbocycles. The third-order valence-corrected chi connectivity index (χ3v) is 6.30. The molecule has 2 saturated carbocycles. The summed E-state index contributed by atoms with van der Waals surface area (Å²) in [5.74, 6) is 2.08. The largest absolute Gasteiger partial charge is 0.298 e. The van der Waals surface area contributed by atoms with Crippen LogP contribution in [0.15, 0.2) is 24.3 Å². The maximum atomic E-state index is 6.28. The van der Waals surface area contributed by atoms with Gasteiger partial charge >= 0.3 is 0 Å². The van der Waals surface area contributed by atoms with Gasteiger partial charge in [0, 0.05) is 43.8 Å². The van der Waals surface area contributed by atoms with Gasteiger partial charge in [-0.15, -0.1) is 0 Å². The fourth-order valence-corrected chi connectivity index (χ4v) is 4.97. The lowest BCUT2D eigenvalue weighted by Crippen LogP contribution is -2.51. The van der Waals surface area contributed by atoms with E-state index >= 15 is 0 Å². The molecule has 3 heteroatoms. The Labute approximate surface area is 133 Å². The molecule has 114 valence electrons. The van der Waals surface area contributed by atoms with E-state index in [2.05, 4.69) is 21.9 Å². The van der Waals surface area contributed by atoms with Gasteiger partial charge in [-0.1, -0.05) is 36.2 Å². The molecule has 0 amide bonds. The number of benzene rings is 1. The van der Waals surface area contributed by atoms with Crippen LogP contribution in [0.1, 0.15) is 31.2 Å². The van der Waals surface area contributed by atoms with E-state index in [0.29, 0.717) is 0 Å². The van der Waals surface area contributed by atoms with Crippen molar-refractivity contribution in [3.05, 3.63) is 34.9 Å². The van der Waals surface area contributed by atoms with Crippen molar-refractivity contribution in [2.45, 2.75) is 38.3 Å². The molecule has 1 aromatic rings. The first kappa shape index (κ1) is 14.0. The van der Waals surface area contributed by atoms with Crippen molar-refractivity contribution in [2.24, 2.45) is 11.8 Å². The van der Waals surface area contributed by atoms with Crippen LogP contribution in [0.4, 0.5) is 0 Å². The third kappa shape index (κ3) is 2.86. The number of nitrogens with zero attached hydrogens (tertiary/aromatic N) is 2. The fraction of sp³-hybridized carbons (Fsp3) is 0.667. The van der Waals surface area contributed by atoms with Crippen LogP contribution in [-0.2, 0) is 6.54 Å². The summed E-state index contributed by atoms with van der Waals surface area (Å²) >= 11 is 6.28. The fourth-order valence-electron chi connectivity index (χ4n) is 4.78. The van der Waals surface area contributed by atoms with Crippen molar-refractivity contribution in [2.75, 3.05) is 26.2 Å². The van der Waals surface area contributed by atoms with Crippen molar-refractivity contribution >= 4 is 11.6 Å². The van der Waals surface area contributed by atoms with Crippen LogP contribution in [-0.4, -0.2) is 42.0 Å². The highest BCUT2D eigenvalue weighted by atomic mass is 35.5. The van der Waals surface area contributed by atoms with Gasteiger partial charge in [-0.2, -0.15) is 0 Å². The van der Waals surface area contributed by atoms with Crippen molar-refractivity contribution in [3.8, 4) is 0 Å². The topological polar surface area (TPSA) is 6.48 Å². The third-order valence-electron chi connectivity index (χ3n) is 5.93. The predicted molar refractivity (Wildman–Crippen MR) is 87.5 cm³/mol. The van der Waals surface area contributed by atoms with Gasteiger partial charge in [0.1, 0.15) is 0 Å². The summed E-state index contributed by atoms with van der Waals surface area (Å²) in [5, 5.41) is 0.910. The Bertz CT molecular complexity index is 496. The summed E-state index contributed by atoms with van der Waals surface area (Å²) in [6.45, 7) is 5.89. The first-order chi connectivity index (χ1) is 10.3. The zero-order chi connectivity index (χ0) is 14.2. The van der Waals surface area contributed by atoms with Crippen LogP contribution < -0.4 is 0 Å². The van der Waals surface area contributed by atoms with Crippen molar-refractivity contribution in [3.63, 3.8) is 0 Å². The summed E-state index contributed by atoms with van der Waals surface area (Å²) < 4.78 is 0. The minimum Gasteiger partial charge on any atom is -0.298 e. The Morgan fingerprint density at radius 1 is 1.00 bits per heavy atom. The van der Waals surface area contributed by atoms with Gasteiger partial charge in [0.05, 0.1) is 0 Å². The van der Waals surface area contributed by atoms with E-state index in [0.717, 1.165) is 29.4 Å². The van der Waals surface area contributed by atoms with Crippen molar-refractivity contribution < 1.29 is 0 Å². The number of rotatable bonds is 3. The molecule has 1 aromatic carbocycles. The lowest BCUT2D eigenvalue weighted by atomic mass is 9.93. The van der Waals surface area contributed by atoms with E-state index in [-0.39, 0.29) is 0 Å². The number of hydrogen-bond donors (Lipinski definition) is 0. The first-order valence-corrected chi connectivity index (χ1v) is 8.87.